The van der Waals surface area contributed by atoms with Crippen molar-refractivity contribution in [3.8, 4) is 0 Å². The first-order valence-electron chi connectivity index (χ1n) is 10.4. The molecule has 1 aliphatic carbocycles. The molecule has 4 nitrogen and oxygen atoms in total. The molecule has 1 saturated heterocycles. The maximum absolute atomic E-state index is 10.5. The average Bonchev–Trinajstić information content (AvgIpc) is 3.01. The van der Waals surface area contributed by atoms with Gasteiger partial charge in [-0.3, -0.25) is 4.90 Å². The number of likely N-dealkylation sites (N-methyl/N-ethyl adjacent to an activating group) is 1. The molecular formula is C22H36N2O2. The molecular weight excluding hydrogens is 324 g/mol. The first-order chi connectivity index (χ1) is 12.6. The van der Waals surface area contributed by atoms with Crippen molar-refractivity contribution in [2.45, 2.75) is 76.2 Å². The molecule has 2 aliphatic rings. The zero-order chi connectivity index (χ0) is 18.4. The summed E-state index contributed by atoms with van der Waals surface area (Å²) in [7, 11) is 2.17. The maximum atomic E-state index is 10.5. The van der Waals surface area contributed by atoms with Crippen molar-refractivity contribution in [1.82, 2.24) is 4.90 Å². The zero-order valence-electron chi connectivity index (χ0n) is 16.5. The van der Waals surface area contributed by atoms with Crippen molar-refractivity contribution < 1.29 is 9.84 Å². The van der Waals surface area contributed by atoms with Gasteiger partial charge < -0.3 is 14.7 Å². The van der Waals surface area contributed by atoms with E-state index in [1.165, 1.54) is 37.8 Å². The molecule has 0 amide bonds. The Hall–Kier alpha value is -1.10. The molecule has 1 N–H and O–H groups in total. The Morgan fingerprint density at radius 3 is 2.58 bits per heavy atom. The second-order valence-corrected chi connectivity index (χ2v) is 8.24. The van der Waals surface area contributed by atoms with E-state index in [0.717, 1.165) is 25.9 Å². The van der Waals surface area contributed by atoms with Crippen LogP contribution in [0.1, 0.15) is 51.9 Å². The molecule has 0 spiro atoms. The van der Waals surface area contributed by atoms with Gasteiger partial charge in [0.25, 0.3) is 0 Å². The maximum Gasteiger partial charge on any atom is 0.0900 e. The number of anilines is 1. The van der Waals surface area contributed by atoms with Crippen molar-refractivity contribution in [3.05, 3.63) is 30.3 Å². The van der Waals surface area contributed by atoms with Gasteiger partial charge in [0.15, 0.2) is 0 Å². The monoisotopic (exact) mass is 360 g/mol. The van der Waals surface area contributed by atoms with E-state index in [0.29, 0.717) is 24.8 Å². The summed E-state index contributed by atoms with van der Waals surface area (Å²) in [6.45, 7) is 4.50. The fraction of sp³-hybridized carbons (Fsp3) is 0.727. The first-order valence-corrected chi connectivity index (χ1v) is 10.4. The van der Waals surface area contributed by atoms with Crippen LogP contribution in [0.3, 0.4) is 0 Å². The number of likely N-dealkylation sites (tertiary alicyclic amines) is 1. The molecule has 146 valence electrons. The Morgan fingerprint density at radius 2 is 1.85 bits per heavy atom. The number of aliphatic hydroxyl groups excluding tert-OH is 1. The van der Waals surface area contributed by atoms with Gasteiger partial charge in [0.1, 0.15) is 0 Å². The number of hydrogen-bond donors (Lipinski definition) is 1. The number of hydrogen-bond acceptors (Lipinski definition) is 4. The van der Waals surface area contributed by atoms with Crippen molar-refractivity contribution in [3.63, 3.8) is 0 Å². The summed E-state index contributed by atoms with van der Waals surface area (Å²) in [6, 6.07) is 11.6. The fourth-order valence-electron chi connectivity index (χ4n) is 4.53. The second-order valence-electron chi connectivity index (χ2n) is 8.24. The van der Waals surface area contributed by atoms with Crippen LogP contribution in [0.25, 0.3) is 0 Å². The predicted octanol–water partition coefficient (Wildman–Crippen LogP) is 3.69. The highest BCUT2D eigenvalue weighted by Crippen LogP contribution is 2.26. The molecule has 4 heteroatoms. The Morgan fingerprint density at radius 1 is 1.12 bits per heavy atom. The quantitative estimate of drug-likeness (QED) is 0.767. The number of β-amino-alcohol motifs (C(OH)–C–C–N with tert-alkyl or cyclic N) is 1. The van der Waals surface area contributed by atoms with E-state index in [-0.39, 0.29) is 6.10 Å². The highest BCUT2D eigenvalue weighted by atomic mass is 16.5. The van der Waals surface area contributed by atoms with Crippen LogP contribution in [-0.2, 0) is 4.74 Å². The molecule has 1 aromatic carbocycles. The molecule has 0 radical (unpaired) electrons. The lowest BCUT2D eigenvalue weighted by Gasteiger charge is -2.34. The molecule has 0 bridgehead atoms. The van der Waals surface area contributed by atoms with Gasteiger partial charge in [-0.05, 0) is 44.7 Å². The summed E-state index contributed by atoms with van der Waals surface area (Å²) in [5, 5.41) is 10.5. The van der Waals surface area contributed by atoms with Gasteiger partial charge in [-0.15, -0.1) is 0 Å². The number of aliphatic hydroxyl groups is 1. The molecule has 26 heavy (non-hydrogen) atoms. The third kappa shape index (κ3) is 5.45. The highest BCUT2D eigenvalue weighted by Gasteiger charge is 2.32. The third-order valence-electron chi connectivity index (χ3n) is 6.13. The number of nitrogens with zero attached hydrogens (tertiary/aromatic N) is 2. The Kier molecular flexibility index (Phi) is 7.35. The lowest BCUT2D eigenvalue weighted by atomic mass is 9.98. The standard InChI is InChI=1S/C22H36N2O2/c1-18-13-14-20(15-23(2)19-9-5-3-6-10-19)24(18)16-21(25)17-26-22-11-7-4-8-12-22/h3,5-6,9-10,18,20-22,25H,4,7-8,11-17H2,1-2H3. The minimum atomic E-state index is -0.387. The summed E-state index contributed by atoms with van der Waals surface area (Å²) in [6.07, 6.45) is 8.61. The fourth-order valence-corrected chi connectivity index (χ4v) is 4.53. The molecule has 1 aliphatic heterocycles. The largest absolute Gasteiger partial charge is 0.389 e. The van der Waals surface area contributed by atoms with Crippen molar-refractivity contribution in [2.75, 3.05) is 31.6 Å². The summed E-state index contributed by atoms with van der Waals surface area (Å²) < 4.78 is 5.99. The minimum Gasteiger partial charge on any atom is -0.389 e. The Labute approximate surface area is 159 Å². The van der Waals surface area contributed by atoms with Crippen molar-refractivity contribution >= 4 is 5.69 Å². The van der Waals surface area contributed by atoms with Crippen LogP contribution in [0.2, 0.25) is 0 Å². The number of ether oxygens (including phenoxy) is 1. The summed E-state index contributed by atoms with van der Waals surface area (Å²) in [5.74, 6) is 0. The molecule has 0 aromatic heterocycles. The molecule has 1 heterocycles. The molecule has 2 fully saturated rings. The SMILES string of the molecule is CC1CCC(CN(C)c2ccccc2)N1CC(O)COC1CCCCC1. The molecule has 3 unspecified atom stereocenters. The Bertz CT molecular complexity index is 518. The van der Waals surface area contributed by atoms with Crippen molar-refractivity contribution in [1.29, 1.82) is 0 Å². The van der Waals surface area contributed by atoms with Gasteiger partial charge >= 0.3 is 0 Å². The average molecular weight is 361 g/mol. The van der Waals surface area contributed by atoms with Crippen LogP contribution in [0.15, 0.2) is 30.3 Å². The van der Waals surface area contributed by atoms with Crippen LogP contribution in [-0.4, -0.2) is 61.0 Å². The van der Waals surface area contributed by atoms with E-state index in [2.05, 4.69) is 54.1 Å². The smallest absolute Gasteiger partial charge is 0.0900 e. The first kappa shape index (κ1) is 19.7. The van der Waals surface area contributed by atoms with Gasteiger partial charge in [-0.2, -0.15) is 0 Å². The summed E-state index contributed by atoms with van der Waals surface area (Å²) >= 11 is 0. The van der Waals surface area contributed by atoms with Gasteiger partial charge in [-0.1, -0.05) is 37.5 Å². The van der Waals surface area contributed by atoms with E-state index >= 15 is 0 Å². The van der Waals surface area contributed by atoms with Crippen LogP contribution in [0.4, 0.5) is 5.69 Å². The molecule has 3 atom stereocenters. The lowest BCUT2D eigenvalue weighted by molar-refractivity contribution is -0.0370. The van der Waals surface area contributed by atoms with Crippen LogP contribution in [0.5, 0.6) is 0 Å². The van der Waals surface area contributed by atoms with E-state index in [4.69, 9.17) is 4.74 Å². The van der Waals surface area contributed by atoms with E-state index < -0.39 is 0 Å². The zero-order valence-corrected chi connectivity index (χ0v) is 16.5. The molecule has 1 aromatic rings. The third-order valence-corrected chi connectivity index (χ3v) is 6.13. The summed E-state index contributed by atoms with van der Waals surface area (Å²) in [4.78, 5) is 4.83. The lowest BCUT2D eigenvalue weighted by Crippen LogP contribution is -2.46. The van der Waals surface area contributed by atoms with E-state index in [1.54, 1.807) is 0 Å². The number of benzene rings is 1. The predicted molar refractivity (Wildman–Crippen MR) is 108 cm³/mol. The Balaban J connectivity index is 1.48. The number of rotatable bonds is 8. The van der Waals surface area contributed by atoms with Crippen LogP contribution >= 0.6 is 0 Å². The van der Waals surface area contributed by atoms with Crippen molar-refractivity contribution in [2.24, 2.45) is 0 Å². The highest BCUT2D eigenvalue weighted by molar-refractivity contribution is 5.45. The molecule has 1 saturated carbocycles. The van der Waals surface area contributed by atoms with E-state index in [1.807, 2.05) is 0 Å². The van der Waals surface area contributed by atoms with Gasteiger partial charge in [0.2, 0.25) is 0 Å². The van der Waals surface area contributed by atoms with Crippen LogP contribution < -0.4 is 4.90 Å². The van der Waals surface area contributed by atoms with Crippen LogP contribution in [0, 0.1) is 0 Å². The normalized spacial score (nSPS) is 26.1. The second kappa shape index (κ2) is 9.72. The topological polar surface area (TPSA) is 35.9 Å². The van der Waals surface area contributed by atoms with Gasteiger partial charge in [0, 0.05) is 37.9 Å². The molecule has 3 rings (SSSR count). The van der Waals surface area contributed by atoms with Gasteiger partial charge in [0.05, 0.1) is 18.8 Å². The van der Waals surface area contributed by atoms with E-state index in [9.17, 15) is 5.11 Å². The minimum absolute atomic E-state index is 0.370. The number of para-hydroxylation sites is 1. The van der Waals surface area contributed by atoms with Gasteiger partial charge in [-0.25, -0.2) is 0 Å². The summed E-state index contributed by atoms with van der Waals surface area (Å²) in [5.41, 5.74) is 1.26.